The van der Waals surface area contributed by atoms with Gasteiger partial charge in [0.25, 0.3) is 0 Å². The number of nitrogens with zero attached hydrogens (tertiary/aromatic N) is 2. The molecule has 2 rings (SSSR count). The number of pyridine rings is 1. The van der Waals surface area contributed by atoms with Crippen LogP contribution in [0.5, 0.6) is 0 Å². The maximum Gasteiger partial charge on any atom is 0.0991 e. The minimum absolute atomic E-state index is 0.419. The highest BCUT2D eigenvalue weighted by atomic mass is 14.7. The van der Waals surface area contributed by atoms with E-state index in [-0.39, 0.29) is 0 Å². The number of hydrogen-bond acceptors (Lipinski definition) is 2. The van der Waals surface area contributed by atoms with E-state index in [2.05, 4.69) is 37.0 Å². The van der Waals surface area contributed by atoms with Crippen LogP contribution < -0.4 is 0 Å². The Balaban J connectivity index is 2.46. The Hall–Kier alpha value is -2.14. The third-order valence-corrected chi connectivity index (χ3v) is 2.91. The van der Waals surface area contributed by atoms with E-state index in [0.717, 1.165) is 22.5 Å². The third-order valence-electron chi connectivity index (χ3n) is 2.91. The fraction of sp³-hybridized carbons (Fsp3) is 0.250. The smallest absolute Gasteiger partial charge is 0.0991 e. The summed E-state index contributed by atoms with van der Waals surface area (Å²) in [5.74, 6) is 0.419. The van der Waals surface area contributed by atoms with Crippen molar-refractivity contribution in [2.75, 3.05) is 0 Å². The Morgan fingerprint density at radius 1 is 1.06 bits per heavy atom. The summed E-state index contributed by atoms with van der Waals surface area (Å²) >= 11 is 0. The average molecular weight is 236 g/mol. The monoisotopic (exact) mass is 236 g/mol. The number of hydrogen-bond donors (Lipinski definition) is 0. The van der Waals surface area contributed by atoms with Gasteiger partial charge in [-0.15, -0.1) is 0 Å². The van der Waals surface area contributed by atoms with Crippen LogP contribution in [0.2, 0.25) is 0 Å². The summed E-state index contributed by atoms with van der Waals surface area (Å²) in [6.45, 7) is 6.30. The first-order valence-corrected chi connectivity index (χ1v) is 6.09. The van der Waals surface area contributed by atoms with Crippen LogP contribution in [0.4, 0.5) is 0 Å². The van der Waals surface area contributed by atoms with Crippen molar-refractivity contribution in [3.8, 4) is 17.2 Å². The molecule has 1 aromatic carbocycles. The second-order valence-corrected chi connectivity index (χ2v) is 4.77. The van der Waals surface area contributed by atoms with Crippen molar-refractivity contribution >= 4 is 0 Å². The molecular weight excluding hydrogens is 220 g/mol. The van der Waals surface area contributed by atoms with Gasteiger partial charge in [0.05, 0.1) is 11.6 Å². The van der Waals surface area contributed by atoms with Crippen LogP contribution in [0.25, 0.3) is 11.1 Å². The molecule has 0 bridgehead atoms. The lowest BCUT2D eigenvalue weighted by atomic mass is 10.0. The second-order valence-electron chi connectivity index (χ2n) is 4.77. The molecule has 18 heavy (non-hydrogen) atoms. The number of nitriles is 1. The van der Waals surface area contributed by atoms with E-state index in [1.54, 1.807) is 0 Å². The van der Waals surface area contributed by atoms with Crippen LogP contribution in [-0.4, -0.2) is 4.98 Å². The molecule has 0 N–H and O–H groups in total. The highest BCUT2D eigenvalue weighted by Crippen LogP contribution is 2.24. The van der Waals surface area contributed by atoms with E-state index in [0.29, 0.717) is 11.5 Å². The molecule has 0 aliphatic rings. The SMILES string of the molecule is Cc1cc(-c2ccc(C#N)cc2)cc(C(C)C)n1. The van der Waals surface area contributed by atoms with Crippen LogP contribution in [-0.2, 0) is 0 Å². The molecule has 2 aromatic rings. The summed E-state index contributed by atoms with van der Waals surface area (Å²) < 4.78 is 0. The molecule has 0 unspecified atom stereocenters. The van der Waals surface area contributed by atoms with E-state index < -0.39 is 0 Å². The molecular formula is C16H16N2. The van der Waals surface area contributed by atoms with E-state index in [1.165, 1.54) is 0 Å². The first-order valence-electron chi connectivity index (χ1n) is 6.09. The fourth-order valence-corrected chi connectivity index (χ4v) is 1.89. The van der Waals surface area contributed by atoms with Gasteiger partial charge in [0.1, 0.15) is 0 Å². The lowest BCUT2D eigenvalue weighted by molar-refractivity contribution is 0.816. The zero-order valence-corrected chi connectivity index (χ0v) is 10.9. The average Bonchev–Trinajstić information content (AvgIpc) is 2.38. The summed E-state index contributed by atoms with van der Waals surface area (Å²) in [5.41, 5.74) is 5.11. The maximum absolute atomic E-state index is 8.80. The van der Waals surface area contributed by atoms with Crippen molar-refractivity contribution in [2.45, 2.75) is 26.7 Å². The topological polar surface area (TPSA) is 36.7 Å². The molecule has 2 heteroatoms. The van der Waals surface area contributed by atoms with Gasteiger partial charge >= 0.3 is 0 Å². The highest BCUT2D eigenvalue weighted by Gasteiger charge is 2.06. The van der Waals surface area contributed by atoms with Crippen LogP contribution >= 0.6 is 0 Å². The van der Waals surface area contributed by atoms with Crippen molar-refractivity contribution in [1.29, 1.82) is 5.26 Å². The number of aromatic nitrogens is 1. The van der Waals surface area contributed by atoms with Gasteiger partial charge in [-0.05, 0) is 48.2 Å². The summed E-state index contributed by atoms with van der Waals surface area (Å²) in [7, 11) is 0. The molecule has 0 amide bonds. The number of rotatable bonds is 2. The Morgan fingerprint density at radius 2 is 1.72 bits per heavy atom. The second kappa shape index (κ2) is 5.01. The predicted octanol–water partition coefficient (Wildman–Crippen LogP) is 4.05. The minimum Gasteiger partial charge on any atom is -0.258 e. The van der Waals surface area contributed by atoms with E-state index >= 15 is 0 Å². The van der Waals surface area contributed by atoms with Gasteiger partial charge in [0.15, 0.2) is 0 Å². The maximum atomic E-state index is 8.80. The van der Waals surface area contributed by atoms with Gasteiger partial charge in [-0.25, -0.2) is 0 Å². The molecule has 0 atom stereocenters. The van der Waals surface area contributed by atoms with Crippen LogP contribution in [0.1, 0.15) is 36.7 Å². The van der Waals surface area contributed by atoms with Crippen molar-refractivity contribution in [2.24, 2.45) is 0 Å². The summed E-state index contributed by atoms with van der Waals surface area (Å²) in [4.78, 5) is 4.54. The quantitative estimate of drug-likeness (QED) is 0.788. The highest BCUT2D eigenvalue weighted by molar-refractivity contribution is 5.65. The van der Waals surface area contributed by atoms with Crippen molar-refractivity contribution in [1.82, 2.24) is 4.98 Å². The zero-order chi connectivity index (χ0) is 13.1. The Bertz CT molecular complexity index is 589. The molecule has 1 heterocycles. The van der Waals surface area contributed by atoms with Gasteiger partial charge in [0.2, 0.25) is 0 Å². The number of aryl methyl sites for hydroxylation is 1. The van der Waals surface area contributed by atoms with Gasteiger partial charge in [0, 0.05) is 11.4 Å². The minimum atomic E-state index is 0.419. The van der Waals surface area contributed by atoms with Crippen molar-refractivity contribution in [3.63, 3.8) is 0 Å². The molecule has 0 spiro atoms. The first kappa shape index (κ1) is 12.3. The van der Waals surface area contributed by atoms with Crippen molar-refractivity contribution < 1.29 is 0 Å². The summed E-state index contributed by atoms with van der Waals surface area (Å²) in [5, 5.41) is 8.80. The molecule has 0 fully saturated rings. The number of benzene rings is 1. The lowest BCUT2D eigenvalue weighted by Crippen LogP contribution is -1.95. The third kappa shape index (κ3) is 2.57. The van der Waals surface area contributed by atoms with Crippen LogP contribution in [0, 0.1) is 18.3 Å². The van der Waals surface area contributed by atoms with Crippen LogP contribution in [0.15, 0.2) is 36.4 Å². The van der Waals surface area contributed by atoms with Crippen LogP contribution in [0.3, 0.4) is 0 Å². The summed E-state index contributed by atoms with van der Waals surface area (Å²) in [6, 6.07) is 14.0. The predicted molar refractivity (Wildman–Crippen MR) is 73.2 cm³/mol. The molecule has 0 aliphatic heterocycles. The Morgan fingerprint density at radius 3 is 2.28 bits per heavy atom. The molecule has 0 radical (unpaired) electrons. The van der Waals surface area contributed by atoms with E-state index in [4.69, 9.17) is 5.26 Å². The molecule has 0 saturated carbocycles. The van der Waals surface area contributed by atoms with E-state index in [9.17, 15) is 0 Å². The normalized spacial score (nSPS) is 10.4. The Labute approximate surface area is 108 Å². The largest absolute Gasteiger partial charge is 0.258 e. The fourth-order valence-electron chi connectivity index (χ4n) is 1.89. The van der Waals surface area contributed by atoms with E-state index in [1.807, 2.05) is 31.2 Å². The van der Waals surface area contributed by atoms with Gasteiger partial charge in [-0.2, -0.15) is 5.26 Å². The van der Waals surface area contributed by atoms with Gasteiger partial charge in [-0.1, -0.05) is 26.0 Å². The molecule has 1 aromatic heterocycles. The zero-order valence-electron chi connectivity index (χ0n) is 10.9. The molecule has 0 aliphatic carbocycles. The molecule has 2 nitrogen and oxygen atoms in total. The Kier molecular flexibility index (Phi) is 3.43. The molecule has 90 valence electrons. The van der Waals surface area contributed by atoms with Gasteiger partial charge in [-0.3, -0.25) is 4.98 Å². The summed E-state index contributed by atoms with van der Waals surface area (Å²) in [6.07, 6.45) is 0. The van der Waals surface area contributed by atoms with Gasteiger partial charge < -0.3 is 0 Å². The lowest BCUT2D eigenvalue weighted by Gasteiger charge is -2.09. The molecule has 0 saturated heterocycles. The first-order chi connectivity index (χ1) is 8.60. The van der Waals surface area contributed by atoms with Crippen molar-refractivity contribution in [3.05, 3.63) is 53.3 Å². The standard InChI is InChI=1S/C16H16N2/c1-11(2)16-9-15(8-12(3)18-16)14-6-4-13(10-17)5-7-14/h4-9,11H,1-3H3.